The molecule has 2 N–H and O–H groups in total. The Kier molecular flexibility index (Phi) is 2.22. The van der Waals surface area contributed by atoms with Gasteiger partial charge in [-0.25, -0.2) is 0 Å². The minimum atomic E-state index is -0.562. The lowest BCUT2D eigenvalue weighted by atomic mass is 9.93. The number of aromatic nitrogens is 2. The van der Waals surface area contributed by atoms with Crippen molar-refractivity contribution in [3.63, 3.8) is 0 Å². The van der Waals surface area contributed by atoms with Crippen molar-refractivity contribution >= 4 is 5.69 Å². The first kappa shape index (κ1) is 10.1. The van der Waals surface area contributed by atoms with Crippen molar-refractivity contribution in [3.05, 3.63) is 22.0 Å². The summed E-state index contributed by atoms with van der Waals surface area (Å²) in [4.78, 5) is 10.4. The molecule has 0 atom stereocenters. The van der Waals surface area contributed by atoms with E-state index in [1.807, 2.05) is 0 Å². The second-order valence-electron chi connectivity index (χ2n) is 4.12. The van der Waals surface area contributed by atoms with Crippen molar-refractivity contribution < 1.29 is 4.92 Å². The van der Waals surface area contributed by atoms with Crippen LogP contribution in [0.5, 0.6) is 0 Å². The molecule has 1 fully saturated rings. The van der Waals surface area contributed by atoms with Gasteiger partial charge in [0.05, 0.1) is 10.5 Å². The zero-order chi connectivity index (χ0) is 11.1. The fourth-order valence-corrected chi connectivity index (χ4v) is 2.38. The molecule has 82 valence electrons. The van der Waals surface area contributed by atoms with E-state index in [4.69, 9.17) is 5.73 Å². The molecule has 0 spiro atoms. The first-order chi connectivity index (χ1) is 7.04. The molecule has 0 amide bonds. The molecule has 0 radical (unpaired) electrons. The molecule has 1 saturated carbocycles. The van der Waals surface area contributed by atoms with Gasteiger partial charge in [0.2, 0.25) is 0 Å². The van der Waals surface area contributed by atoms with Crippen LogP contribution in [0.25, 0.3) is 0 Å². The fourth-order valence-electron chi connectivity index (χ4n) is 2.38. The molecular formula is C9H14N4O2. The summed E-state index contributed by atoms with van der Waals surface area (Å²) in [5, 5.41) is 14.8. The summed E-state index contributed by atoms with van der Waals surface area (Å²) < 4.78 is 1.53. The lowest BCUT2D eigenvalue weighted by molar-refractivity contribution is -0.386. The maximum absolute atomic E-state index is 10.8. The number of rotatable bonds is 2. The van der Waals surface area contributed by atoms with Crippen LogP contribution in [-0.4, -0.2) is 14.7 Å². The average Bonchev–Trinajstić information content (AvgIpc) is 2.72. The Morgan fingerprint density at radius 1 is 1.60 bits per heavy atom. The van der Waals surface area contributed by atoms with Crippen LogP contribution in [0.2, 0.25) is 0 Å². The molecule has 6 heteroatoms. The van der Waals surface area contributed by atoms with Crippen LogP contribution in [-0.2, 0) is 12.6 Å². The first-order valence-corrected chi connectivity index (χ1v) is 5.00. The molecule has 1 aliphatic carbocycles. The zero-order valence-corrected chi connectivity index (χ0v) is 8.64. The van der Waals surface area contributed by atoms with Gasteiger partial charge < -0.3 is 5.73 Å². The zero-order valence-electron chi connectivity index (χ0n) is 8.64. The minimum absolute atomic E-state index is 0.0434. The summed E-state index contributed by atoms with van der Waals surface area (Å²) in [6, 6.07) is 0. The summed E-state index contributed by atoms with van der Waals surface area (Å²) in [5.41, 5.74) is 6.24. The molecule has 2 rings (SSSR count). The summed E-state index contributed by atoms with van der Waals surface area (Å²) >= 11 is 0. The molecule has 0 unspecified atom stereocenters. The van der Waals surface area contributed by atoms with Gasteiger partial charge in [0.1, 0.15) is 11.9 Å². The Morgan fingerprint density at radius 3 is 2.73 bits per heavy atom. The Morgan fingerprint density at radius 2 is 2.20 bits per heavy atom. The number of hydrogen-bond donors (Lipinski definition) is 1. The number of nitro groups is 1. The summed E-state index contributed by atoms with van der Waals surface area (Å²) in [5.74, 6) is 0. The van der Waals surface area contributed by atoms with Gasteiger partial charge in [0.25, 0.3) is 0 Å². The quantitative estimate of drug-likeness (QED) is 0.584. The van der Waals surface area contributed by atoms with Crippen LogP contribution in [0.3, 0.4) is 0 Å². The van der Waals surface area contributed by atoms with E-state index in [2.05, 4.69) is 5.10 Å². The van der Waals surface area contributed by atoms with E-state index in [9.17, 15) is 10.1 Å². The third kappa shape index (κ3) is 1.50. The SMILES string of the molecule is Cn1ncc([N+](=O)[O-])c1C1(N)CCCC1. The highest BCUT2D eigenvalue weighted by Crippen LogP contribution is 2.39. The summed E-state index contributed by atoms with van der Waals surface area (Å²) in [6.45, 7) is 0. The molecule has 15 heavy (non-hydrogen) atoms. The molecule has 1 aromatic heterocycles. The number of hydrogen-bond acceptors (Lipinski definition) is 4. The molecule has 1 aliphatic rings. The van der Waals surface area contributed by atoms with E-state index >= 15 is 0 Å². The van der Waals surface area contributed by atoms with Gasteiger partial charge in [0.15, 0.2) is 0 Å². The van der Waals surface area contributed by atoms with Crippen molar-refractivity contribution in [2.75, 3.05) is 0 Å². The monoisotopic (exact) mass is 210 g/mol. The van der Waals surface area contributed by atoms with Gasteiger partial charge in [0, 0.05) is 7.05 Å². The lowest BCUT2D eigenvalue weighted by Crippen LogP contribution is -2.36. The third-order valence-electron chi connectivity index (χ3n) is 3.08. The summed E-state index contributed by atoms with van der Waals surface area (Å²) in [6.07, 6.45) is 4.93. The predicted octanol–water partition coefficient (Wildman–Crippen LogP) is 1.06. The molecule has 0 aliphatic heterocycles. The van der Waals surface area contributed by atoms with Crippen LogP contribution in [0.4, 0.5) is 5.69 Å². The van der Waals surface area contributed by atoms with Crippen molar-refractivity contribution in [1.82, 2.24) is 9.78 Å². The number of nitrogens with two attached hydrogens (primary N) is 1. The Labute approximate surface area is 87.2 Å². The molecule has 0 bridgehead atoms. The number of aryl methyl sites for hydroxylation is 1. The van der Waals surface area contributed by atoms with Gasteiger partial charge in [-0.1, -0.05) is 12.8 Å². The van der Waals surface area contributed by atoms with Crippen LogP contribution >= 0.6 is 0 Å². The average molecular weight is 210 g/mol. The van der Waals surface area contributed by atoms with Crippen molar-refractivity contribution in [2.45, 2.75) is 31.2 Å². The molecule has 1 heterocycles. The Balaban J connectivity index is 2.50. The predicted molar refractivity (Wildman–Crippen MR) is 54.2 cm³/mol. The van der Waals surface area contributed by atoms with Gasteiger partial charge in [-0.15, -0.1) is 0 Å². The van der Waals surface area contributed by atoms with Gasteiger partial charge in [-0.3, -0.25) is 14.8 Å². The standard InChI is InChI=1S/C9H14N4O2/c1-12-8(7(6-11-12)13(14)15)9(10)4-2-3-5-9/h6H,2-5,10H2,1H3. The maximum Gasteiger partial charge on any atom is 0.312 e. The van der Waals surface area contributed by atoms with Crippen LogP contribution in [0, 0.1) is 10.1 Å². The fraction of sp³-hybridized carbons (Fsp3) is 0.667. The minimum Gasteiger partial charge on any atom is -0.320 e. The largest absolute Gasteiger partial charge is 0.320 e. The molecule has 0 aromatic carbocycles. The third-order valence-corrected chi connectivity index (χ3v) is 3.08. The molecule has 0 saturated heterocycles. The highest BCUT2D eigenvalue weighted by atomic mass is 16.6. The molecule has 1 aromatic rings. The normalized spacial score (nSPS) is 19.3. The van der Waals surface area contributed by atoms with E-state index in [-0.39, 0.29) is 5.69 Å². The van der Waals surface area contributed by atoms with Crippen molar-refractivity contribution in [1.29, 1.82) is 0 Å². The van der Waals surface area contributed by atoms with E-state index in [0.717, 1.165) is 25.7 Å². The van der Waals surface area contributed by atoms with Crippen molar-refractivity contribution in [3.8, 4) is 0 Å². The number of nitrogens with zero attached hydrogens (tertiary/aromatic N) is 3. The highest BCUT2D eigenvalue weighted by Gasteiger charge is 2.39. The molecule has 6 nitrogen and oxygen atoms in total. The van der Waals surface area contributed by atoms with E-state index in [1.165, 1.54) is 10.9 Å². The first-order valence-electron chi connectivity index (χ1n) is 5.00. The van der Waals surface area contributed by atoms with Crippen molar-refractivity contribution in [2.24, 2.45) is 12.8 Å². The van der Waals surface area contributed by atoms with Gasteiger partial charge >= 0.3 is 5.69 Å². The van der Waals surface area contributed by atoms with Crippen LogP contribution < -0.4 is 5.73 Å². The Bertz CT molecular complexity index is 393. The second kappa shape index (κ2) is 3.30. The summed E-state index contributed by atoms with van der Waals surface area (Å²) in [7, 11) is 1.70. The van der Waals surface area contributed by atoms with Gasteiger partial charge in [-0.2, -0.15) is 5.10 Å². The van der Waals surface area contributed by atoms with Crippen LogP contribution in [0.1, 0.15) is 31.4 Å². The van der Waals surface area contributed by atoms with E-state index in [0.29, 0.717) is 5.69 Å². The lowest BCUT2D eigenvalue weighted by Gasteiger charge is -2.22. The van der Waals surface area contributed by atoms with Crippen LogP contribution in [0.15, 0.2) is 6.20 Å². The Hall–Kier alpha value is -1.43. The van der Waals surface area contributed by atoms with Gasteiger partial charge in [-0.05, 0) is 12.8 Å². The van der Waals surface area contributed by atoms with E-state index in [1.54, 1.807) is 7.05 Å². The molecular weight excluding hydrogens is 196 g/mol. The van der Waals surface area contributed by atoms with E-state index < -0.39 is 10.5 Å². The smallest absolute Gasteiger partial charge is 0.312 e. The second-order valence-corrected chi connectivity index (χ2v) is 4.12. The topological polar surface area (TPSA) is 87.0 Å². The highest BCUT2D eigenvalue weighted by molar-refractivity contribution is 5.39. The maximum atomic E-state index is 10.8.